The summed E-state index contributed by atoms with van der Waals surface area (Å²) in [7, 11) is 1.38. The number of hydrogen-bond donors (Lipinski definition) is 1. The van der Waals surface area contributed by atoms with Gasteiger partial charge in [-0.25, -0.2) is 9.59 Å². The first-order chi connectivity index (χ1) is 13.9. The average molecular weight is 433 g/mol. The zero-order valence-corrected chi connectivity index (χ0v) is 19.8. The van der Waals surface area contributed by atoms with E-state index in [4.69, 9.17) is 0 Å². The normalized spacial score (nSPS) is 11.0. The zero-order chi connectivity index (χ0) is 20.7. The van der Waals surface area contributed by atoms with Gasteiger partial charge < -0.3 is 6.53 Å². The van der Waals surface area contributed by atoms with E-state index in [0.29, 0.717) is 29.1 Å². The SMILES string of the molecule is CCCn1c(=O)n(C)c(=O)c2c(C(=O)O)c(Cc3ccnc4ccccc34)sc21.[H-].[Na+]. The number of fused-ring (bicyclic) bond motifs is 2. The van der Waals surface area contributed by atoms with Crippen molar-refractivity contribution in [2.75, 3.05) is 0 Å². The summed E-state index contributed by atoms with van der Waals surface area (Å²) in [6.45, 7) is 2.35. The fourth-order valence-corrected chi connectivity index (χ4v) is 4.95. The number of benzene rings is 1. The smallest absolute Gasteiger partial charge is 1.00 e. The molecule has 150 valence electrons. The number of nitrogens with zero attached hydrogens (tertiary/aromatic N) is 3. The van der Waals surface area contributed by atoms with Gasteiger partial charge in [0.25, 0.3) is 5.56 Å². The number of carboxylic acids is 1. The van der Waals surface area contributed by atoms with Crippen LogP contribution in [-0.4, -0.2) is 25.2 Å². The first kappa shape index (κ1) is 22.4. The molecule has 0 bridgehead atoms. The van der Waals surface area contributed by atoms with Crippen LogP contribution in [0.5, 0.6) is 0 Å². The Morgan fingerprint density at radius 2 is 1.97 bits per heavy atom. The molecule has 0 saturated carbocycles. The van der Waals surface area contributed by atoms with Crippen molar-refractivity contribution in [2.24, 2.45) is 7.05 Å². The molecule has 9 heteroatoms. The molecule has 3 heterocycles. The molecule has 0 aliphatic rings. The summed E-state index contributed by atoms with van der Waals surface area (Å²) >= 11 is 1.21. The van der Waals surface area contributed by atoms with Crippen LogP contribution in [0.1, 0.15) is 35.6 Å². The average Bonchev–Trinajstić information content (AvgIpc) is 3.09. The van der Waals surface area contributed by atoms with E-state index < -0.39 is 17.2 Å². The Morgan fingerprint density at radius 1 is 1.23 bits per heavy atom. The summed E-state index contributed by atoms with van der Waals surface area (Å²) in [5.74, 6) is -1.16. The quantitative estimate of drug-likeness (QED) is 0.452. The first-order valence-corrected chi connectivity index (χ1v) is 10.1. The monoisotopic (exact) mass is 433 g/mol. The molecule has 0 atom stereocenters. The Bertz CT molecular complexity index is 1390. The van der Waals surface area contributed by atoms with Gasteiger partial charge in [-0.2, -0.15) is 0 Å². The number of aromatic carboxylic acids is 1. The number of aromatic nitrogens is 3. The molecule has 1 N–H and O–H groups in total. The molecule has 0 spiro atoms. The molecule has 7 nitrogen and oxygen atoms in total. The van der Waals surface area contributed by atoms with Crippen molar-refractivity contribution in [3.63, 3.8) is 0 Å². The van der Waals surface area contributed by atoms with Gasteiger partial charge in [0.15, 0.2) is 0 Å². The molecule has 3 aromatic heterocycles. The zero-order valence-electron chi connectivity index (χ0n) is 18.0. The van der Waals surface area contributed by atoms with Gasteiger partial charge in [0, 0.05) is 36.5 Å². The summed E-state index contributed by atoms with van der Waals surface area (Å²) in [6, 6.07) is 9.50. The predicted octanol–water partition coefficient (Wildman–Crippen LogP) is 0.125. The minimum atomic E-state index is -1.16. The minimum absolute atomic E-state index is 0. The van der Waals surface area contributed by atoms with E-state index in [9.17, 15) is 19.5 Å². The van der Waals surface area contributed by atoms with Crippen LogP contribution in [-0.2, 0) is 20.0 Å². The molecular weight excluding hydrogens is 413 g/mol. The molecule has 0 unspecified atom stereocenters. The predicted molar refractivity (Wildman–Crippen MR) is 114 cm³/mol. The molecule has 4 rings (SSSR count). The van der Waals surface area contributed by atoms with Crippen LogP contribution in [0, 0.1) is 0 Å². The van der Waals surface area contributed by atoms with Gasteiger partial charge in [-0.1, -0.05) is 25.1 Å². The Labute approximate surface area is 199 Å². The Morgan fingerprint density at radius 3 is 2.67 bits per heavy atom. The third kappa shape index (κ3) is 3.65. The topological polar surface area (TPSA) is 94.2 Å². The number of aryl methyl sites for hydroxylation is 1. The maximum absolute atomic E-state index is 12.8. The van der Waals surface area contributed by atoms with Crippen LogP contribution in [0.3, 0.4) is 0 Å². The van der Waals surface area contributed by atoms with Gasteiger partial charge in [0.2, 0.25) is 0 Å². The molecule has 1 aromatic carbocycles. The molecule has 0 amide bonds. The number of rotatable bonds is 5. The van der Waals surface area contributed by atoms with Crippen molar-refractivity contribution in [2.45, 2.75) is 26.3 Å². The van der Waals surface area contributed by atoms with Gasteiger partial charge >= 0.3 is 41.2 Å². The number of carbonyl (C=O) groups is 1. The Balaban J connectivity index is 0.00000171. The molecular formula is C21H20N3NaO4S. The van der Waals surface area contributed by atoms with Crippen LogP contribution in [0.4, 0.5) is 0 Å². The van der Waals surface area contributed by atoms with Gasteiger partial charge in [-0.05, 0) is 24.1 Å². The largest absolute Gasteiger partial charge is 1.00 e. The molecule has 0 fully saturated rings. The van der Waals surface area contributed by atoms with Crippen LogP contribution in [0.25, 0.3) is 21.1 Å². The van der Waals surface area contributed by atoms with Crippen molar-refractivity contribution in [1.82, 2.24) is 14.1 Å². The van der Waals surface area contributed by atoms with Crippen molar-refractivity contribution in [3.8, 4) is 0 Å². The van der Waals surface area contributed by atoms with Crippen LogP contribution < -0.4 is 40.8 Å². The van der Waals surface area contributed by atoms with E-state index in [-0.39, 0.29) is 41.9 Å². The molecule has 0 aliphatic heterocycles. The van der Waals surface area contributed by atoms with E-state index >= 15 is 0 Å². The fourth-order valence-electron chi connectivity index (χ4n) is 3.63. The van der Waals surface area contributed by atoms with E-state index in [2.05, 4.69) is 4.98 Å². The third-order valence-electron chi connectivity index (χ3n) is 5.00. The first-order valence-electron chi connectivity index (χ1n) is 9.25. The number of para-hydroxylation sites is 1. The molecule has 0 aliphatic carbocycles. The number of carboxylic acid groups (broad SMARTS) is 1. The second-order valence-electron chi connectivity index (χ2n) is 6.85. The Hall–Kier alpha value is -2.26. The van der Waals surface area contributed by atoms with E-state index in [1.165, 1.54) is 23.0 Å². The second kappa shape index (κ2) is 8.85. The van der Waals surface area contributed by atoms with E-state index in [1.54, 1.807) is 6.20 Å². The molecule has 0 radical (unpaired) electrons. The van der Waals surface area contributed by atoms with E-state index in [1.807, 2.05) is 37.3 Å². The number of pyridine rings is 1. The third-order valence-corrected chi connectivity index (χ3v) is 6.21. The summed E-state index contributed by atoms with van der Waals surface area (Å²) < 4.78 is 2.49. The summed E-state index contributed by atoms with van der Waals surface area (Å²) in [6.07, 6.45) is 2.72. The Kier molecular flexibility index (Phi) is 6.62. The van der Waals surface area contributed by atoms with Crippen molar-refractivity contribution in [1.29, 1.82) is 0 Å². The van der Waals surface area contributed by atoms with Crippen molar-refractivity contribution < 1.29 is 40.9 Å². The van der Waals surface area contributed by atoms with Gasteiger partial charge in [-0.3, -0.25) is 18.9 Å². The van der Waals surface area contributed by atoms with Crippen LogP contribution >= 0.6 is 11.3 Å². The minimum Gasteiger partial charge on any atom is -1.00 e. The molecule has 4 aromatic rings. The van der Waals surface area contributed by atoms with Crippen LogP contribution in [0.2, 0.25) is 0 Å². The standard InChI is InChI=1S/C21H19N3O4S.Na.H/c1-3-10-24-19-17(18(25)23(2)21(24)28)16(20(26)27)15(29-19)11-12-8-9-22-14-7-5-4-6-13(12)14;;/h4-9H,3,10-11H2,1-2H3,(H,26,27);;/q;+1;-1. The fraction of sp³-hybridized carbons (Fsp3) is 0.238. The molecule has 0 saturated heterocycles. The molecule has 30 heavy (non-hydrogen) atoms. The van der Waals surface area contributed by atoms with Gasteiger partial charge in [0.05, 0.1) is 16.5 Å². The maximum Gasteiger partial charge on any atom is 1.00 e. The number of hydrogen-bond acceptors (Lipinski definition) is 5. The number of thiophene rings is 1. The van der Waals surface area contributed by atoms with E-state index in [0.717, 1.165) is 21.0 Å². The van der Waals surface area contributed by atoms with Gasteiger partial charge in [0.1, 0.15) is 4.83 Å². The maximum atomic E-state index is 12.8. The van der Waals surface area contributed by atoms with Crippen molar-refractivity contribution in [3.05, 3.63) is 73.4 Å². The summed E-state index contributed by atoms with van der Waals surface area (Å²) in [5, 5.41) is 10.9. The van der Waals surface area contributed by atoms with Crippen molar-refractivity contribution >= 4 is 38.4 Å². The summed E-state index contributed by atoms with van der Waals surface area (Å²) in [5.41, 5.74) is 0.726. The summed E-state index contributed by atoms with van der Waals surface area (Å²) in [4.78, 5) is 42.8. The van der Waals surface area contributed by atoms with Crippen LogP contribution in [0.15, 0.2) is 46.1 Å². The second-order valence-corrected chi connectivity index (χ2v) is 7.93. The van der Waals surface area contributed by atoms with Gasteiger partial charge in [-0.15, -0.1) is 11.3 Å².